The van der Waals surface area contributed by atoms with Crippen LogP contribution in [0.3, 0.4) is 0 Å². The molecule has 8 nitrogen and oxygen atoms in total. The monoisotopic (exact) mass is 256 g/mol. The molecule has 0 aliphatic carbocycles. The van der Waals surface area contributed by atoms with Crippen LogP contribution >= 0.6 is 0 Å². The first-order valence-corrected chi connectivity index (χ1v) is 5.34. The van der Waals surface area contributed by atoms with Crippen molar-refractivity contribution in [3.63, 3.8) is 0 Å². The van der Waals surface area contributed by atoms with Crippen LogP contribution in [0.2, 0.25) is 0 Å². The highest BCUT2D eigenvalue weighted by Gasteiger charge is 2.14. The van der Waals surface area contributed by atoms with Crippen LogP contribution in [0.25, 0.3) is 0 Å². The molecule has 1 rings (SSSR count). The number of nitrogens with zero attached hydrogens (tertiary/aromatic N) is 2. The van der Waals surface area contributed by atoms with E-state index in [1.165, 1.54) is 13.1 Å². The molecule has 1 atom stereocenters. The highest BCUT2D eigenvalue weighted by Crippen LogP contribution is 2.04. The molecule has 1 heterocycles. The number of aliphatic carboxylic acids is 1. The first-order chi connectivity index (χ1) is 8.52. The molecule has 0 saturated carbocycles. The van der Waals surface area contributed by atoms with Gasteiger partial charge in [0.2, 0.25) is 0 Å². The quantitative estimate of drug-likeness (QED) is 0.670. The van der Waals surface area contributed by atoms with E-state index in [2.05, 4.69) is 15.7 Å². The minimum Gasteiger partial charge on any atom is -0.480 e. The number of carbonyl (C=O) groups is 2. The number of amides is 2. The fraction of sp³-hybridized carbons (Fsp3) is 0.500. The molecule has 0 radical (unpaired) electrons. The third kappa shape index (κ3) is 4.42. The number of methoxy groups -OCH3 is 1. The maximum absolute atomic E-state index is 11.4. The van der Waals surface area contributed by atoms with Crippen LogP contribution in [0, 0.1) is 0 Å². The van der Waals surface area contributed by atoms with Gasteiger partial charge < -0.3 is 20.5 Å². The van der Waals surface area contributed by atoms with E-state index in [4.69, 9.17) is 9.84 Å². The van der Waals surface area contributed by atoms with E-state index in [0.717, 1.165) is 0 Å². The topological polar surface area (TPSA) is 105 Å². The van der Waals surface area contributed by atoms with Gasteiger partial charge in [-0.15, -0.1) is 0 Å². The summed E-state index contributed by atoms with van der Waals surface area (Å²) in [5.74, 6) is -1.10. The summed E-state index contributed by atoms with van der Waals surface area (Å²) in [6, 6.07) is -1.54. The number of carboxylic acid groups (broad SMARTS) is 1. The smallest absolute Gasteiger partial charge is 0.325 e. The number of ether oxygens (including phenoxy) is 1. The summed E-state index contributed by atoms with van der Waals surface area (Å²) in [7, 11) is 1.59. The second kappa shape index (κ2) is 6.60. The van der Waals surface area contributed by atoms with E-state index >= 15 is 0 Å². The van der Waals surface area contributed by atoms with Crippen molar-refractivity contribution in [1.29, 1.82) is 0 Å². The van der Waals surface area contributed by atoms with E-state index in [-0.39, 0.29) is 0 Å². The van der Waals surface area contributed by atoms with Crippen molar-refractivity contribution in [2.24, 2.45) is 0 Å². The maximum Gasteiger partial charge on any atom is 0.325 e. The lowest BCUT2D eigenvalue weighted by atomic mass is 10.3. The van der Waals surface area contributed by atoms with Gasteiger partial charge in [0.15, 0.2) is 0 Å². The van der Waals surface area contributed by atoms with Crippen LogP contribution in [-0.4, -0.2) is 46.6 Å². The fourth-order valence-electron chi connectivity index (χ4n) is 1.16. The number of rotatable bonds is 6. The number of hydrogen-bond acceptors (Lipinski definition) is 4. The molecule has 2 amide bonds. The molecule has 3 N–H and O–H groups in total. The number of aromatic nitrogens is 2. The first kappa shape index (κ1) is 14.0. The number of carbonyl (C=O) groups excluding carboxylic acids is 1. The van der Waals surface area contributed by atoms with Crippen LogP contribution in [0.5, 0.6) is 0 Å². The molecule has 0 spiro atoms. The lowest BCUT2D eigenvalue weighted by Gasteiger charge is -2.09. The van der Waals surface area contributed by atoms with Gasteiger partial charge in [-0.25, -0.2) is 4.79 Å². The summed E-state index contributed by atoms with van der Waals surface area (Å²) in [6.45, 7) is 2.47. The lowest BCUT2D eigenvalue weighted by molar-refractivity contribution is -0.138. The zero-order valence-electron chi connectivity index (χ0n) is 10.2. The first-order valence-electron chi connectivity index (χ1n) is 5.34. The Morgan fingerprint density at radius 2 is 2.33 bits per heavy atom. The Kier molecular flexibility index (Phi) is 5.12. The average Bonchev–Trinajstić information content (AvgIpc) is 2.73. The molecule has 0 aliphatic heterocycles. The van der Waals surface area contributed by atoms with E-state index in [1.807, 2.05) is 0 Å². The minimum absolute atomic E-state index is 0.487. The highest BCUT2D eigenvalue weighted by atomic mass is 16.5. The van der Waals surface area contributed by atoms with Crippen LogP contribution < -0.4 is 10.6 Å². The lowest BCUT2D eigenvalue weighted by Crippen LogP contribution is -2.40. The Bertz CT molecular complexity index is 418. The van der Waals surface area contributed by atoms with Crippen molar-refractivity contribution in [3.05, 3.63) is 12.4 Å². The molecule has 100 valence electrons. The second-order valence-electron chi connectivity index (χ2n) is 3.64. The Morgan fingerprint density at radius 1 is 1.61 bits per heavy atom. The molecule has 8 heteroatoms. The number of nitrogens with one attached hydrogen (secondary N) is 2. The summed E-state index contributed by atoms with van der Waals surface area (Å²) in [5, 5.41) is 17.4. The van der Waals surface area contributed by atoms with Crippen molar-refractivity contribution < 1.29 is 19.4 Å². The van der Waals surface area contributed by atoms with E-state index in [0.29, 0.717) is 18.8 Å². The molecule has 0 saturated heterocycles. The average molecular weight is 256 g/mol. The van der Waals surface area contributed by atoms with Gasteiger partial charge in [-0.05, 0) is 6.92 Å². The Labute approximate surface area is 104 Å². The van der Waals surface area contributed by atoms with Gasteiger partial charge in [0, 0.05) is 13.3 Å². The van der Waals surface area contributed by atoms with Crippen molar-refractivity contribution in [3.8, 4) is 0 Å². The molecule has 0 aliphatic rings. The molecule has 0 bridgehead atoms. The van der Waals surface area contributed by atoms with Crippen LogP contribution in [0.15, 0.2) is 12.4 Å². The van der Waals surface area contributed by atoms with Crippen molar-refractivity contribution in [2.45, 2.75) is 19.5 Å². The Balaban J connectivity index is 2.44. The van der Waals surface area contributed by atoms with Crippen molar-refractivity contribution in [1.82, 2.24) is 15.1 Å². The SMILES string of the molecule is COCCn1cc(NC(=O)N[C@H](C)C(=O)O)cn1. The summed E-state index contributed by atoms with van der Waals surface area (Å²) in [4.78, 5) is 21.9. The van der Waals surface area contributed by atoms with Crippen LogP contribution in [0.4, 0.5) is 10.5 Å². The molecule has 0 aromatic carbocycles. The molecule has 1 aromatic rings. The standard InChI is InChI=1S/C10H16N4O4/c1-7(9(15)16)12-10(17)13-8-5-11-14(6-8)3-4-18-2/h5-7H,3-4H2,1-2H3,(H,15,16)(H2,12,13,17)/t7-/m1/s1. The van der Waals surface area contributed by atoms with E-state index < -0.39 is 18.0 Å². The molecule has 0 unspecified atom stereocenters. The summed E-state index contributed by atoms with van der Waals surface area (Å²) < 4.78 is 6.50. The second-order valence-corrected chi connectivity index (χ2v) is 3.64. The van der Waals surface area contributed by atoms with Gasteiger partial charge in [0.05, 0.1) is 25.0 Å². The molecular formula is C10H16N4O4. The predicted octanol–water partition coefficient (Wildman–Crippen LogP) is 0.124. The molecule has 1 aromatic heterocycles. The van der Waals surface area contributed by atoms with Crippen LogP contribution in [-0.2, 0) is 16.1 Å². The zero-order valence-corrected chi connectivity index (χ0v) is 10.2. The third-order valence-electron chi connectivity index (χ3n) is 2.13. The molecule has 18 heavy (non-hydrogen) atoms. The zero-order chi connectivity index (χ0) is 13.5. The van der Waals surface area contributed by atoms with Crippen molar-refractivity contribution in [2.75, 3.05) is 19.0 Å². The van der Waals surface area contributed by atoms with Gasteiger partial charge >= 0.3 is 12.0 Å². The molecular weight excluding hydrogens is 240 g/mol. The van der Waals surface area contributed by atoms with Gasteiger partial charge in [-0.2, -0.15) is 5.10 Å². The summed E-state index contributed by atoms with van der Waals surface area (Å²) in [5.41, 5.74) is 0.487. The normalized spacial score (nSPS) is 11.9. The summed E-state index contributed by atoms with van der Waals surface area (Å²) >= 11 is 0. The maximum atomic E-state index is 11.4. The van der Waals surface area contributed by atoms with Crippen LogP contribution in [0.1, 0.15) is 6.92 Å². The van der Waals surface area contributed by atoms with Gasteiger partial charge in [0.1, 0.15) is 6.04 Å². The number of hydrogen-bond donors (Lipinski definition) is 3. The predicted molar refractivity (Wildman–Crippen MR) is 63.4 cm³/mol. The highest BCUT2D eigenvalue weighted by molar-refractivity contribution is 5.91. The number of anilines is 1. The summed E-state index contributed by atoms with van der Waals surface area (Å²) in [6.07, 6.45) is 3.10. The van der Waals surface area contributed by atoms with Gasteiger partial charge in [0.25, 0.3) is 0 Å². The largest absolute Gasteiger partial charge is 0.480 e. The molecule has 0 fully saturated rings. The van der Waals surface area contributed by atoms with Crippen molar-refractivity contribution >= 4 is 17.7 Å². The number of urea groups is 1. The fourth-order valence-corrected chi connectivity index (χ4v) is 1.16. The van der Waals surface area contributed by atoms with E-state index in [1.54, 1.807) is 18.0 Å². The Hall–Kier alpha value is -2.09. The van der Waals surface area contributed by atoms with Gasteiger partial charge in [-0.3, -0.25) is 9.48 Å². The number of carboxylic acids is 1. The Morgan fingerprint density at radius 3 is 2.94 bits per heavy atom. The third-order valence-corrected chi connectivity index (χ3v) is 2.13. The van der Waals surface area contributed by atoms with E-state index in [9.17, 15) is 9.59 Å². The minimum atomic E-state index is -1.10. The van der Waals surface area contributed by atoms with Gasteiger partial charge in [-0.1, -0.05) is 0 Å².